The van der Waals surface area contributed by atoms with Crippen LogP contribution in [0.4, 0.5) is 8.78 Å². The lowest BCUT2D eigenvalue weighted by Crippen LogP contribution is -1.98. The molecule has 18 heavy (non-hydrogen) atoms. The van der Waals surface area contributed by atoms with E-state index in [0.29, 0.717) is 11.0 Å². The molecule has 2 aromatic rings. The average Bonchev–Trinajstić information content (AvgIpc) is 2.36. The number of hydrogen-bond donors (Lipinski definition) is 1. The summed E-state index contributed by atoms with van der Waals surface area (Å²) < 4.78 is 32.1. The molecule has 0 aliphatic carbocycles. The molecule has 0 bridgehead atoms. The summed E-state index contributed by atoms with van der Waals surface area (Å²) in [4.78, 5) is 3.94. The van der Waals surface area contributed by atoms with Crippen molar-refractivity contribution in [3.8, 4) is 11.6 Å². The molecule has 3 nitrogen and oxygen atoms in total. The largest absolute Gasteiger partial charge is 0.436 e. The summed E-state index contributed by atoms with van der Waals surface area (Å²) >= 11 is 3.06. The predicted molar refractivity (Wildman–Crippen MR) is 66.3 cm³/mol. The maximum absolute atomic E-state index is 13.4. The van der Waals surface area contributed by atoms with Crippen LogP contribution in [0.15, 0.2) is 34.9 Å². The third-order valence-corrected chi connectivity index (χ3v) is 2.67. The Morgan fingerprint density at radius 3 is 2.67 bits per heavy atom. The minimum absolute atomic E-state index is 0.170. The molecule has 1 heterocycles. The summed E-state index contributed by atoms with van der Waals surface area (Å²) in [5.74, 6) is -2.10. The number of pyridine rings is 1. The fourth-order valence-electron chi connectivity index (χ4n) is 1.31. The Morgan fingerprint density at radius 2 is 2.06 bits per heavy atom. The molecule has 0 unspecified atom stereocenters. The van der Waals surface area contributed by atoms with Gasteiger partial charge in [-0.05, 0) is 17.7 Å². The van der Waals surface area contributed by atoms with Crippen LogP contribution in [-0.4, -0.2) is 4.98 Å². The van der Waals surface area contributed by atoms with Crippen molar-refractivity contribution >= 4 is 15.9 Å². The maximum Gasteiger partial charge on any atom is 0.219 e. The number of ether oxygens (including phenoxy) is 1. The van der Waals surface area contributed by atoms with Crippen LogP contribution < -0.4 is 10.5 Å². The number of aromatic nitrogens is 1. The SMILES string of the molecule is NCc1ccc(Oc2cc(Br)cc(F)c2F)nc1. The molecule has 0 fully saturated rings. The van der Waals surface area contributed by atoms with Crippen molar-refractivity contribution < 1.29 is 13.5 Å². The molecule has 1 aromatic carbocycles. The summed E-state index contributed by atoms with van der Waals surface area (Å²) in [5, 5.41) is 0. The Kier molecular flexibility index (Phi) is 3.88. The van der Waals surface area contributed by atoms with Crippen molar-refractivity contribution in [2.24, 2.45) is 5.73 Å². The van der Waals surface area contributed by atoms with Crippen molar-refractivity contribution in [2.75, 3.05) is 0 Å². The minimum Gasteiger partial charge on any atom is -0.436 e. The highest BCUT2D eigenvalue weighted by Crippen LogP contribution is 2.28. The third-order valence-electron chi connectivity index (χ3n) is 2.21. The first-order valence-corrected chi connectivity index (χ1v) is 5.87. The second-order valence-electron chi connectivity index (χ2n) is 3.51. The van der Waals surface area contributed by atoms with Crippen LogP contribution in [-0.2, 0) is 6.54 Å². The molecule has 0 radical (unpaired) electrons. The highest BCUT2D eigenvalue weighted by atomic mass is 79.9. The number of halogens is 3. The van der Waals surface area contributed by atoms with Gasteiger partial charge in [-0.2, -0.15) is 4.39 Å². The fourth-order valence-corrected chi connectivity index (χ4v) is 1.72. The van der Waals surface area contributed by atoms with Crippen molar-refractivity contribution in [2.45, 2.75) is 6.54 Å². The minimum atomic E-state index is -1.05. The second-order valence-corrected chi connectivity index (χ2v) is 4.43. The van der Waals surface area contributed by atoms with Gasteiger partial charge in [0.05, 0.1) is 0 Å². The van der Waals surface area contributed by atoms with Gasteiger partial charge in [0.25, 0.3) is 0 Å². The van der Waals surface area contributed by atoms with E-state index in [-0.39, 0.29) is 11.6 Å². The van der Waals surface area contributed by atoms with Crippen LogP contribution in [0.2, 0.25) is 0 Å². The summed E-state index contributed by atoms with van der Waals surface area (Å²) in [6.07, 6.45) is 1.52. The van der Waals surface area contributed by atoms with Gasteiger partial charge in [-0.1, -0.05) is 22.0 Å². The van der Waals surface area contributed by atoms with E-state index in [4.69, 9.17) is 10.5 Å². The Labute approximate surface area is 111 Å². The number of hydrogen-bond acceptors (Lipinski definition) is 3. The first kappa shape index (κ1) is 12.9. The van der Waals surface area contributed by atoms with Crippen LogP contribution in [0.5, 0.6) is 11.6 Å². The first-order valence-electron chi connectivity index (χ1n) is 5.07. The van der Waals surface area contributed by atoms with Gasteiger partial charge >= 0.3 is 0 Å². The van der Waals surface area contributed by atoms with Crippen molar-refractivity contribution in [1.82, 2.24) is 4.98 Å². The van der Waals surface area contributed by atoms with Gasteiger partial charge < -0.3 is 10.5 Å². The molecule has 2 rings (SSSR count). The van der Waals surface area contributed by atoms with Crippen molar-refractivity contribution in [1.29, 1.82) is 0 Å². The molecule has 0 atom stereocenters. The van der Waals surface area contributed by atoms with Gasteiger partial charge in [-0.3, -0.25) is 0 Å². The smallest absolute Gasteiger partial charge is 0.219 e. The van der Waals surface area contributed by atoms with Crippen LogP contribution in [0.1, 0.15) is 5.56 Å². The van der Waals surface area contributed by atoms with E-state index in [0.717, 1.165) is 11.6 Å². The van der Waals surface area contributed by atoms with Gasteiger partial charge in [0, 0.05) is 23.3 Å². The molecular weight excluding hydrogens is 306 g/mol. The van der Waals surface area contributed by atoms with Gasteiger partial charge in [-0.15, -0.1) is 0 Å². The van der Waals surface area contributed by atoms with E-state index < -0.39 is 11.6 Å². The topological polar surface area (TPSA) is 48.1 Å². The molecular formula is C12H9BrF2N2O. The van der Waals surface area contributed by atoms with Gasteiger partial charge in [0.15, 0.2) is 11.6 Å². The average molecular weight is 315 g/mol. The third kappa shape index (κ3) is 2.83. The summed E-state index contributed by atoms with van der Waals surface area (Å²) in [5.41, 5.74) is 6.24. The highest BCUT2D eigenvalue weighted by molar-refractivity contribution is 9.10. The Bertz CT molecular complexity index is 561. The van der Waals surface area contributed by atoms with Crippen LogP contribution in [0.3, 0.4) is 0 Å². The zero-order valence-electron chi connectivity index (χ0n) is 9.16. The van der Waals surface area contributed by atoms with Crippen molar-refractivity contribution in [3.05, 3.63) is 52.1 Å². The zero-order valence-corrected chi connectivity index (χ0v) is 10.7. The van der Waals surface area contributed by atoms with E-state index in [9.17, 15) is 8.78 Å². The Morgan fingerprint density at radius 1 is 1.28 bits per heavy atom. The summed E-state index contributed by atoms with van der Waals surface area (Å²) in [6.45, 7) is 0.354. The lowest BCUT2D eigenvalue weighted by molar-refractivity contribution is 0.404. The molecule has 0 saturated heterocycles. The highest BCUT2D eigenvalue weighted by Gasteiger charge is 2.12. The molecule has 94 valence electrons. The van der Waals surface area contributed by atoms with Crippen molar-refractivity contribution in [3.63, 3.8) is 0 Å². The molecule has 2 N–H and O–H groups in total. The van der Waals surface area contributed by atoms with E-state index in [2.05, 4.69) is 20.9 Å². The van der Waals surface area contributed by atoms with Crippen LogP contribution >= 0.6 is 15.9 Å². The molecule has 0 spiro atoms. The molecule has 6 heteroatoms. The van der Waals surface area contributed by atoms with E-state index >= 15 is 0 Å². The standard InChI is InChI=1S/C12H9BrF2N2O/c13-8-3-9(14)12(15)10(4-8)18-11-2-1-7(5-16)6-17-11/h1-4,6H,5,16H2. The van der Waals surface area contributed by atoms with Crippen LogP contribution in [0, 0.1) is 11.6 Å². The van der Waals surface area contributed by atoms with E-state index in [1.54, 1.807) is 12.1 Å². The van der Waals surface area contributed by atoms with Gasteiger partial charge in [0.2, 0.25) is 11.7 Å². The van der Waals surface area contributed by atoms with Gasteiger partial charge in [0.1, 0.15) is 0 Å². The number of rotatable bonds is 3. The first-order chi connectivity index (χ1) is 8.60. The molecule has 0 saturated carbocycles. The maximum atomic E-state index is 13.4. The molecule has 0 aliphatic rings. The second kappa shape index (κ2) is 5.41. The predicted octanol–water partition coefficient (Wildman–Crippen LogP) is 3.37. The fraction of sp³-hybridized carbons (Fsp3) is 0.0833. The quantitative estimate of drug-likeness (QED) is 0.884. The number of benzene rings is 1. The summed E-state index contributed by atoms with van der Waals surface area (Å²) in [6, 6.07) is 5.60. The number of nitrogens with two attached hydrogens (primary N) is 1. The summed E-state index contributed by atoms with van der Waals surface area (Å²) in [7, 11) is 0. The van der Waals surface area contributed by atoms with Crippen LogP contribution in [0.25, 0.3) is 0 Å². The Balaban J connectivity index is 2.27. The van der Waals surface area contributed by atoms with E-state index in [1.807, 2.05) is 0 Å². The lowest BCUT2D eigenvalue weighted by atomic mass is 10.3. The normalized spacial score (nSPS) is 10.4. The zero-order chi connectivity index (χ0) is 13.1. The molecule has 0 aliphatic heterocycles. The monoisotopic (exact) mass is 314 g/mol. The van der Waals surface area contributed by atoms with Gasteiger partial charge in [-0.25, -0.2) is 9.37 Å². The molecule has 0 amide bonds. The molecule has 1 aromatic heterocycles. The lowest BCUT2D eigenvalue weighted by Gasteiger charge is -2.07. The van der Waals surface area contributed by atoms with E-state index in [1.165, 1.54) is 12.3 Å². The number of nitrogens with zero attached hydrogens (tertiary/aromatic N) is 1. The Hall–Kier alpha value is -1.53.